The van der Waals surface area contributed by atoms with Gasteiger partial charge in [-0.05, 0) is 28.1 Å². The van der Waals surface area contributed by atoms with Crippen LogP contribution in [0.4, 0.5) is 11.4 Å². The number of nitrogens with two attached hydrogens (primary N) is 1. The maximum Gasteiger partial charge on any atom is 0.338 e. The summed E-state index contributed by atoms with van der Waals surface area (Å²) in [6.45, 7) is 6.82. The lowest BCUT2D eigenvalue weighted by Crippen LogP contribution is -2.05. The quantitative estimate of drug-likeness (QED) is 0.476. The van der Waals surface area contributed by atoms with Crippen molar-refractivity contribution in [1.29, 1.82) is 0 Å². The molecule has 0 aliphatic carbocycles. The van der Waals surface area contributed by atoms with Gasteiger partial charge in [0, 0.05) is 4.47 Å². The van der Waals surface area contributed by atoms with E-state index in [9.17, 15) is 4.79 Å². The molecule has 0 bridgehead atoms. The van der Waals surface area contributed by atoms with Gasteiger partial charge in [-0.15, -0.1) is 0 Å². The third-order valence-electron chi connectivity index (χ3n) is 1.65. The summed E-state index contributed by atoms with van der Waals surface area (Å²) in [5.41, 5.74) is 6.45. The molecule has 0 amide bonds. The van der Waals surface area contributed by atoms with E-state index in [2.05, 4.69) is 25.5 Å². The number of hydrogen-bond acceptors (Lipinski definition) is 3. The number of benzene rings is 1. The highest BCUT2D eigenvalue weighted by atomic mass is 79.9. The van der Waals surface area contributed by atoms with Crippen LogP contribution < -0.4 is 5.73 Å². The highest BCUT2D eigenvalue weighted by molar-refractivity contribution is 9.10. The number of carbonyl (C=O) groups excluding carboxylic acids is 1. The molecule has 2 N–H and O–H groups in total. The number of halogens is 1. The second-order valence-corrected chi connectivity index (χ2v) is 3.35. The molecule has 72 valence electrons. The van der Waals surface area contributed by atoms with Crippen LogP contribution in [0.25, 0.3) is 4.85 Å². The fraction of sp³-hybridized carbons (Fsp3) is 0.111. The van der Waals surface area contributed by atoms with Crippen molar-refractivity contribution in [3.8, 4) is 0 Å². The lowest BCUT2D eigenvalue weighted by atomic mass is 10.1. The number of anilines is 1. The van der Waals surface area contributed by atoms with Crippen LogP contribution in [-0.2, 0) is 4.74 Å². The maximum atomic E-state index is 11.2. The summed E-state index contributed by atoms with van der Waals surface area (Å²) in [5.74, 6) is -0.548. The summed E-state index contributed by atoms with van der Waals surface area (Å²) in [6, 6.07) is 2.95. The monoisotopic (exact) mass is 254 g/mol. The molecule has 1 aromatic carbocycles. The van der Waals surface area contributed by atoms with Crippen molar-refractivity contribution in [1.82, 2.24) is 0 Å². The topological polar surface area (TPSA) is 56.7 Å². The Morgan fingerprint density at radius 2 is 2.29 bits per heavy atom. The average Bonchev–Trinajstić information content (AvgIpc) is 2.20. The molecule has 0 saturated heterocycles. The first-order chi connectivity index (χ1) is 6.60. The van der Waals surface area contributed by atoms with Gasteiger partial charge < -0.3 is 10.5 Å². The zero-order valence-electron chi connectivity index (χ0n) is 7.37. The molecular weight excluding hydrogens is 248 g/mol. The van der Waals surface area contributed by atoms with Crippen molar-refractivity contribution in [2.24, 2.45) is 0 Å². The molecule has 0 unspecified atom stereocenters. The molecule has 14 heavy (non-hydrogen) atoms. The van der Waals surface area contributed by atoms with Crippen LogP contribution in [0.15, 0.2) is 16.6 Å². The molecule has 0 atom stereocenters. The molecule has 0 aliphatic heterocycles. The predicted octanol–water partition coefficient (Wildman–Crippen LogP) is 2.37. The van der Waals surface area contributed by atoms with E-state index in [4.69, 9.17) is 12.3 Å². The van der Waals surface area contributed by atoms with Crippen LogP contribution in [0.2, 0.25) is 0 Å². The van der Waals surface area contributed by atoms with Crippen LogP contribution in [0.3, 0.4) is 0 Å². The van der Waals surface area contributed by atoms with Crippen molar-refractivity contribution in [2.45, 2.75) is 0 Å². The van der Waals surface area contributed by atoms with Crippen LogP contribution in [0.5, 0.6) is 0 Å². The third-order valence-corrected chi connectivity index (χ3v) is 2.30. The van der Waals surface area contributed by atoms with Crippen molar-refractivity contribution < 1.29 is 9.53 Å². The van der Waals surface area contributed by atoms with Crippen molar-refractivity contribution >= 4 is 33.3 Å². The lowest BCUT2D eigenvalue weighted by Gasteiger charge is -2.05. The standard InChI is InChI=1S/C9H7BrN2O2/c1-12-5-3-6(9(13)14-2)8(11)7(10)4-5/h3-4H,11H2,2H3. The van der Waals surface area contributed by atoms with Gasteiger partial charge in [0.2, 0.25) is 0 Å². The Balaban J connectivity index is 3.36. The first-order valence-corrected chi connectivity index (χ1v) is 4.44. The van der Waals surface area contributed by atoms with Crippen LogP contribution in [0, 0.1) is 6.57 Å². The van der Waals surface area contributed by atoms with Crippen molar-refractivity contribution in [3.05, 3.63) is 33.6 Å². The summed E-state index contributed by atoms with van der Waals surface area (Å²) < 4.78 is 5.05. The fourth-order valence-corrected chi connectivity index (χ4v) is 1.40. The van der Waals surface area contributed by atoms with Gasteiger partial charge in [-0.2, -0.15) is 0 Å². The molecule has 1 rings (SSSR count). The van der Waals surface area contributed by atoms with E-state index in [0.717, 1.165) is 0 Å². The Morgan fingerprint density at radius 3 is 2.79 bits per heavy atom. The number of rotatable bonds is 1. The van der Waals surface area contributed by atoms with E-state index in [1.807, 2.05) is 0 Å². The molecule has 0 heterocycles. The fourth-order valence-electron chi connectivity index (χ4n) is 0.947. The van der Waals surface area contributed by atoms with Gasteiger partial charge in [0.05, 0.1) is 24.9 Å². The van der Waals surface area contributed by atoms with Crippen molar-refractivity contribution in [2.75, 3.05) is 12.8 Å². The van der Waals surface area contributed by atoms with Gasteiger partial charge in [0.1, 0.15) is 0 Å². The van der Waals surface area contributed by atoms with E-state index in [0.29, 0.717) is 10.2 Å². The Labute approximate surface area is 89.6 Å². The van der Waals surface area contributed by atoms with Crippen molar-refractivity contribution in [3.63, 3.8) is 0 Å². The molecule has 1 aromatic rings. The minimum Gasteiger partial charge on any atom is -0.465 e. The average molecular weight is 255 g/mol. The number of nitrogen functional groups attached to an aromatic ring is 1. The number of esters is 1. The van der Waals surface area contributed by atoms with Gasteiger partial charge in [0.25, 0.3) is 0 Å². The van der Waals surface area contributed by atoms with Gasteiger partial charge >= 0.3 is 5.97 Å². The summed E-state index contributed by atoms with van der Waals surface area (Å²) in [5, 5.41) is 0. The van der Waals surface area contributed by atoms with Crippen LogP contribution in [-0.4, -0.2) is 13.1 Å². The van der Waals surface area contributed by atoms with E-state index in [1.54, 1.807) is 6.07 Å². The molecule has 0 saturated carbocycles. The molecule has 0 aromatic heterocycles. The Morgan fingerprint density at radius 1 is 1.64 bits per heavy atom. The molecule has 4 nitrogen and oxygen atoms in total. The smallest absolute Gasteiger partial charge is 0.338 e. The largest absolute Gasteiger partial charge is 0.465 e. The Kier molecular flexibility index (Phi) is 3.10. The molecule has 0 aliphatic rings. The second-order valence-electron chi connectivity index (χ2n) is 2.49. The number of ether oxygens (including phenoxy) is 1. The number of nitrogens with zero attached hydrogens (tertiary/aromatic N) is 1. The maximum absolute atomic E-state index is 11.2. The molecule has 0 radical (unpaired) electrons. The number of methoxy groups -OCH3 is 1. The van der Waals surface area contributed by atoms with Gasteiger partial charge in [-0.25, -0.2) is 9.64 Å². The highest BCUT2D eigenvalue weighted by Crippen LogP contribution is 2.29. The van der Waals surface area contributed by atoms with Gasteiger partial charge in [-0.1, -0.05) is 0 Å². The normalized spacial score (nSPS) is 9.21. The molecule has 0 spiro atoms. The first kappa shape index (κ1) is 10.5. The lowest BCUT2D eigenvalue weighted by molar-refractivity contribution is 0.0602. The van der Waals surface area contributed by atoms with Crippen LogP contribution in [0.1, 0.15) is 10.4 Å². The molecule has 0 fully saturated rings. The zero-order chi connectivity index (χ0) is 10.7. The summed E-state index contributed by atoms with van der Waals surface area (Å²) in [7, 11) is 1.26. The Hall–Kier alpha value is -1.54. The molecule has 5 heteroatoms. The van der Waals surface area contributed by atoms with E-state index < -0.39 is 5.97 Å². The van der Waals surface area contributed by atoms with Gasteiger partial charge in [0.15, 0.2) is 5.69 Å². The number of hydrogen-bond donors (Lipinski definition) is 1. The zero-order valence-corrected chi connectivity index (χ0v) is 8.96. The SMILES string of the molecule is [C-]#[N+]c1cc(Br)c(N)c(C(=O)OC)c1. The first-order valence-electron chi connectivity index (χ1n) is 3.65. The van der Waals surface area contributed by atoms with E-state index in [1.165, 1.54) is 13.2 Å². The number of carbonyl (C=O) groups is 1. The predicted molar refractivity (Wildman–Crippen MR) is 56.2 cm³/mol. The van der Waals surface area contributed by atoms with Crippen LogP contribution >= 0.6 is 15.9 Å². The minimum atomic E-state index is -0.548. The second kappa shape index (κ2) is 4.11. The summed E-state index contributed by atoms with van der Waals surface area (Å²) >= 11 is 3.16. The third kappa shape index (κ3) is 1.86. The summed E-state index contributed by atoms with van der Waals surface area (Å²) in [6.07, 6.45) is 0. The molecular formula is C9H7BrN2O2. The van der Waals surface area contributed by atoms with Gasteiger partial charge in [-0.3, -0.25) is 0 Å². The summed E-state index contributed by atoms with van der Waals surface area (Å²) in [4.78, 5) is 14.4. The minimum absolute atomic E-state index is 0.202. The highest BCUT2D eigenvalue weighted by Gasteiger charge is 2.13. The van der Waals surface area contributed by atoms with E-state index >= 15 is 0 Å². The Bertz CT molecular complexity index is 424. The van der Waals surface area contributed by atoms with E-state index in [-0.39, 0.29) is 11.3 Å².